The molecule has 2 aliphatic heterocycles. The fourth-order valence-corrected chi connectivity index (χ4v) is 4.51. The molecule has 1 saturated carbocycles. The van der Waals surface area contributed by atoms with E-state index in [1.807, 2.05) is 7.05 Å². The molecule has 1 aromatic carbocycles. The molecule has 1 aliphatic carbocycles. The van der Waals surface area contributed by atoms with Crippen molar-refractivity contribution in [2.45, 2.75) is 50.7 Å². The molecular formula is C22H36IN5. The van der Waals surface area contributed by atoms with Crippen LogP contribution in [0, 0.1) is 5.92 Å². The van der Waals surface area contributed by atoms with Gasteiger partial charge in [-0.3, -0.25) is 9.89 Å². The van der Waals surface area contributed by atoms with Crippen LogP contribution in [-0.2, 0) is 6.54 Å². The van der Waals surface area contributed by atoms with Crippen LogP contribution >= 0.6 is 24.0 Å². The van der Waals surface area contributed by atoms with Crippen LogP contribution in [0.3, 0.4) is 0 Å². The van der Waals surface area contributed by atoms with Crippen LogP contribution in [0.1, 0.15) is 37.7 Å². The zero-order valence-corrected chi connectivity index (χ0v) is 19.5. The number of hydrogen-bond donors (Lipinski definition) is 2. The molecule has 2 heterocycles. The number of aliphatic imine (C=N–C) groups is 1. The van der Waals surface area contributed by atoms with Gasteiger partial charge in [0.25, 0.3) is 0 Å². The van der Waals surface area contributed by atoms with E-state index in [9.17, 15) is 0 Å². The van der Waals surface area contributed by atoms with Crippen molar-refractivity contribution in [3.8, 4) is 0 Å². The smallest absolute Gasteiger partial charge is 0.191 e. The summed E-state index contributed by atoms with van der Waals surface area (Å²) >= 11 is 0. The van der Waals surface area contributed by atoms with Crippen molar-refractivity contribution in [1.82, 2.24) is 20.4 Å². The summed E-state index contributed by atoms with van der Waals surface area (Å²) in [7, 11) is 1.89. The summed E-state index contributed by atoms with van der Waals surface area (Å²) in [4.78, 5) is 9.71. The maximum Gasteiger partial charge on any atom is 0.191 e. The number of halogens is 1. The minimum absolute atomic E-state index is 0. The average Bonchev–Trinajstić information content (AvgIpc) is 3.45. The molecule has 4 rings (SSSR count). The van der Waals surface area contributed by atoms with Gasteiger partial charge in [-0.25, -0.2) is 0 Å². The Bertz CT molecular complexity index is 611. The Kier molecular flexibility index (Phi) is 8.41. The van der Waals surface area contributed by atoms with Crippen molar-refractivity contribution in [1.29, 1.82) is 0 Å². The normalized spacial score (nSPS) is 24.8. The maximum atomic E-state index is 4.46. The Morgan fingerprint density at radius 1 is 1.04 bits per heavy atom. The van der Waals surface area contributed by atoms with E-state index in [-0.39, 0.29) is 24.0 Å². The number of nitrogens with zero attached hydrogens (tertiary/aromatic N) is 3. The van der Waals surface area contributed by atoms with Crippen LogP contribution in [0.2, 0.25) is 0 Å². The molecule has 1 aromatic rings. The van der Waals surface area contributed by atoms with Gasteiger partial charge in [0.05, 0.1) is 0 Å². The predicted molar refractivity (Wildman–Crippen MR) is 127 cm³/mol. The molecule has 0 amide bonds. The first-order valence-corrected chi connectivity index (χ1v) is 10.8. The van der Waals surface area contributed by atoms with Crippen LogP contribution < -0.4 is 10.6 Å². The molecule has 3 aliphatic rings. The van der Waals surface area contributed by atoms with Gasteiger partial charge in [-0.05, 0) is 50.1 Å². The van der Waals surface area contributed by atoms with Gasteiger partial charge >= 0.3 is 0 Å². The van der Waals surface area contributed by atoms with Gasteiger partial charge in [0.2, 0.25) is 0 Å². The Morgan fingerprint density at radius 3 is 2.46 bits per heavy atom. The molecule has 5 nitrogen and oxygen atoms in total. The highest BCUT2D eigenvalue weighted by atomic mass is 127. The van der Waals surface area contributed by atoms with E-state index >= 15 is 0 Å². The summed E-state index contributed by atoms with van der Waals surface area (Å²) in [5, 5.41) is 7.25. The van der Waals surface area contributed by atoms with E-state index < -0.39 is 0 Å². The van der Waals surface area contributed by atoms with Crippen molar-refractivity contribution in [3.05, 3.63) is 35.9 Å². The van der Waals surface area contributed by atoms with Crippen LogP contribution in [0.15, 0.2) is 35.3 Å². The molecule has 2 N–H and O–H groups in total. The lowest BCUT2D eigenvalue weighted by atomic mass is 10.0. The van der Waals surface area contributed by atoms with Gasteiger partial charge < -0.3 is 15.5 Å². The molecular weight excluding hydrogens is 461 g/mol. The monoisotopic (exact) mass is 497 g/mol. The Morgan fingerprint density at radius 2 is 1.79 bits per heavy atom. The molecule has 0 radical (unpaired) electrons. The Balaban J connectivity index is 0.00000225. The molecule has 6 heteroatoms. The van der Waals surface area contributed by atoms with Crippen molar-refractivity contribution in [2.24, 2.45) is 10.9 Å². The third-order valence-corrected chi connectivity index (χ3v) is 6.34. The van der Waals surface area contributed by atoms with Gasteiger partial charge in [-0.1, -0.05) is 30.3 Å². The van der Waals surface area contributed by atoms with E-state index in [2.05, 4.69) is 55.8 Å². The predicted octanol–water partition coefficient (Wildman–Crippen LogP) is 2.92. The first-order chi connectivity index (χ1) is 13.3. The number of likely N-dealkylation sites (tertiary alicyclic amines) is 2. The van der Waals surface area contributed by atoms with E-state index in [0.717, 1.165) is 44.1 Å². The molecule has 1 atom stereocenters. The number of nitrogens with one attached hydrogen (secondary N) is 2. The molecule has 0 aromatic heterocycles. The summed E-state index contributed by atoms with van der Waals surface area (Å²) in [6.45, 7) is 7.00. The standard InChI is InChI=1S/C22H35N5.HI/c1-23-22(24-15-19-9-14-27(17-19)21-7-8-21)25-20-10-12-26(13-11-20)16-18-5-3-2-4-6-18;/h2-6,19-21H,7-17H2,1H3,(H2,23,24,25);1H. The molecule has 3 fully saturated rings. The summed E-state index contributed by atoms with van der Waals surface area (Å²) in [5.41, 5.74) is 1.41. The SMILES string of the molecule is CN=C(NCC1CCN(C2CC2)C1)NC1CCN(Cc2ccccc2)CC1.I. The maximum absolute atomic E-state index is 4.46. The van der Waals surface area contributed by atoms with Gasteiger partial charge in [0, 0.05) is 51.9 Å². The zero-order valence-electron chi connectivity index (χ0n) is 17.1. The average molecular weight is 497 g/mol. The van der Waals surface area contributed by atoms with E-state index in [1.165, 1.54) is 50.8 Å². The second kappa shape index (κ2) is 10.8. The van der Waals surface area contributed by atoms with Crippen molar-refractivity contribution in [2.75, 3.05) is 39.8 Å². The third-order valence-electron chi connectivity index (χ3n) is 6.34. The van der Waals surface area contributed by atoms with Gasteiger partial charge in [-0.2, -0.15) is 0 Å². The van der Waals surface area contributed by atoms with E-state index in [1.54, 1.807) is 0 Å². The summed E-state index contributed by atoms with van der Waals surface area (Å²) in [6.07, 6.45) is 6.55. The molecule has 1 unspecified atom stereocenters. The van der Waals surface area contributed by atoms with E-state index in [0.29, 0.717) is 6.04 Å². The van der Waals surface area contributed by atoms with Crippen molar-refractivity contribution < 1.29 is 0 Å². The molecule has 0 spiro atoms. The molecule has 28 heavy (non-hydrogen) atoms. The zero-order chi connectivity index (χ0) is 18.5. The minimum Gasteiger partial charge on any atom is -0.356 e. The number of benzene rings is 1. The second-order valence-corrected chi connectivity index (χ2v) is 8.51. The Labute approximate surface area is 187 Å². The lowest BCUT2D eigenvalue weighted by Gasteiger charge is -2.33. The highest BCUT2D eigenvalue weighted by Gasteiger charge is 2.34. The minimum atomic E-state index is 0. The largest absolute Gasteiger partial charge is 0.356 e. The van der Waals surface area contributed by atoms with Crippen molar-refractivity contribution >= 4 is 29.9 Å². The number of hydrogen-bond acceptors (Lipinski definition) is 3. The van der Waals surface area contributed by atoms with Crippen LogP contribution in [-0.4, -0.2) is 67.6 Å². The number of guanidine groups is 1. The third kappa shape index (κ3) is 6.32. The van der Waals surface area contributed by atoms with Crippen molar-refractivity contribution in [3.63, 3.8) is 0 Å². The fraction of sp³-hybridized carbons (Fsp3) is 0.682. The lowest BCUT2D eigenvalue weighted by Crippen LogP contribution is -2.49. The molecule has 2 saturated heterocycles. The summed E-state index contributed by atoms with van der Waals surface area (Å²) in [5.74, 6) is 1.76. The van der Waals surface area contributed by atoms with E-state index in [4.69, 9.17) is 0 Å². The second-order valence-electron chi connectivity index (χ2n) is 8.51. The highest BCUT2D eigenvalue weighted by molar-refractivity contribution is 14.0. The topological polar surface area (TPSA) is 42.9 Å². The first-order valence-electron chi connectivity index (χ1n) is 10.8. The quantitative estimate of drug-likeness (QED) is 0.361. The van der Waals surface area contributed by atoms with Crippen LogP contribution in [0.5, 0.6) is 0 Å². The summed E-state index contributed by atoms with van der Waals surface area (Å²) in [6, 6.07) is 12.3. The molecule has 0 bridgehead atoms. The fourth-order valence-electron chi connectivity index (χ4n) is 4.51. The van der Waals surface area contributed by atoms with Crippen LogP contribution in [0.4, 0.5) is 0 Å². The van der Waals surface area contributed by atoms with Gasteiger partial charge in [0.15, 0.2) is 5.96 Å². The lowest BCUT2D eigenvalue weighted by molar-refractivity contribution is 0.198. The van der Waals surface area contributed by atoms with Crippen LogP contribution in [0.25, 0.3) is 0 Å². The molecule has 156 valence electrons. The number of rotatable bonds is 6. The number of piperidine rings is 1. The van der Waals surface area contributed by atoms with Gasteiger partial charge in [0.1, 0.15) is 0 Å². The first kappa shape index (κ1) is 21.8. The van der Waals surface area contributed by atoms with Gasteiger partial charge in [-0.15, -0.1) is 24.0 Å². The Hall–Kier alpha value is -0.860. The summed E-state index contributed by atoms with van der Waals surface area (Å²) < 4.78 is 0. The highest BCUT2D eigenvalue weighted by Crippen LogP contribution is 2.31.